The lowest BCUT2D eigenvalue weighted by Crippen LogP contribution is -2.29. The van der Waals surface area contributed by atoms with Crippen molar-refractivity contribution in [2.75, 3.05) is 13.6 Å². The molecule has 0 fully saturated rings. The maximum absolute atomic E-state index is 12.1. The molecule has 1 atom stereocenters. The first-order valence-corrected chi connectivity index (χ1v) is 7.84. The molecule has 1 rings (SSSR count). The molecule has 0 radical (unpaired) electrons. The van der Waals surface area contributed by atoms with E-state index in [2.05, 4.69) is 15.9 Å². The highest BCUT2D eigenvalue weighted by Gasteiger charge is 2.24. The number of hydrogen-bond donors (Lipinski definition) is 1. The maximum Gasteiger partial charge on any atom is 0.253 e. The fraction of sp³-hybridized carbons (Fsp3) is 0.556. The predicted octanol–water partition coefficient (Wildman–Crippen LogP) is 1.90. The van der Waals surface area contributed by atoms with Gasteiger partial charge in [-0.15, -0.1) is 11.3 Å². The van der Waals surface area contributed by atoms with Crippen LogP contribution in [0.25, 0.3) is 0 Å². The number of thiophene rings is 1. The molecule has 16 heavy (non-hydrogen) atoms. The average Bonchev–Trinajstić information content (AvgIpc) is 2.61. The van der Waals surface area contributed by atoms with Gasteiger partial charge in [0.2, 0.25) is 0 Å². The highest BCUT2D eigenvalue weighted by Crippen LogP contribution is 2.29. The van der Waals surface area contributed by atoms with E-state index in [4.69, 9.17) is 5.11 Å². The molecule has 0 spiro atoms. The molecule has 1 N–H and O–H groups in total. The van der Waals surface area contributed by atoms with Crippen molar-refractivity contribution < 1.29 is 13.5 Å². The van der Waals surface area contributed by atoms with Crippen LogP contribution >= 0.6 is 27.3 Å². The zero-order valence-electron chi connectivity index (χ0n) is 9.05. The van der Waals surface area contributed by atoms with Crippen molar-refractivity contribution in [2.24, 2.45) is 0 Å². The van der Waals surface area contributed by atoms with Gasteiger partial charge in [-0.2, -0.15) is 0 Å². The molecule has 1 aromatic heterocycles. The van der Waals surface area contributed by atoms with E-state index >= 15 is 0 Å². The summed E-state index contributed by atoms with van der Waals surface area (Å²) in [6.45, 7) is 1.95. The number of rotatable bonds is 5. The fourth-order valence-corrected chi connectivity index (χ4v) is 4.78. The highest BCUT2D eigenvalue weighted by atomic mass is 79.9. The van der Waals surface area contributed by atoms with Crippen molar-refractivity contribution in [3.63, 3.8) is 0 Å². The van der Waals surface area contributed by atoms with Crippen molar-refractivity contribution in [2.45, 2.75) is 23.7 Å². The Morgan fingerprint density at radius 2 is 2.25 bits per heavy atom. The molecule has 1 unspecified atom stereocenters. The van der Waals surface area contributed by atoms with E-state index in [0.29, 0.717) is 21.6 Å². The minimum absolute atomic E-state index is 0.306. The molecule has 0 aliphatic rings. The maximum atomic E-state index is 12.1. The topological polar surface area (TPSA) is 57.6 Å². The molecule has 7 heteroatoms. The normalized spacial score (nSPS) is 14.3. The van der Waals surface area contributed by atoms with Crippen molar-refractivity contribution in [3.05, 3.63) is 15.9 Å². The van der Waals surface area contributed by atoms with E-state index in [0.717, 1.165) is 0 Å². The van der Waals surface area contributed by atoms with E-state index in [1.54, 1.807) is 18.4 Å². The van der Waals surface area contributed by atoms with Crippen LogP contribution in [0.5, 0.6) is 0 Å². The zero-order chi connectivity index (χ0) is 12.3. The summed E-state index contributed by atoms with van der Waals surface area (Å²) in [6.07, 6.45) is -0.0666. The minimum atomic E-state index is -3.43. The molecule has 0 amide bonds. The monoisotopic (exact) mass is 327 g/mol. The third-order valence-corrected chi connectivity index (χ3v) is 6.59. The first kappa shape index (κ1) is 14.1. The van der Waals surface area contributed by atoms with Gasteiger partial charge in [0.05, 0.1) is 6.10 Å². The largest absolute Gasteiger partial charge is 0.393 e. The lowest BCUT2D eigenvalue weighted by atomic mass is 10.3. The third-order valence-electron chi connectivity index (χ3n) is 2.09. The summed E-state index contributed by atoms with van der Waals surface area (Å²) in [7, 11) is -1.91. The van der Waals surface area contributed by atoms with Gasteiger partial charge in [-0.05, 0) is 40.7 Å². The standard InChI is InChI=1S/C9H14BrNO3S2/c1-7(12)3-5-11(2)16(13,14)9-8(10)4-6-15-9/h4,6-7,12H,3,5H2,1-2H3. The highest BCUT2D eigenvalue weighted by molar-refractivity contribution is 9.10. The van der Waals surface area contributed by atoms with Gasteiger partial charge in [0.15, 0.2) is 0 Å². The molecule has 0 aromatic carbocycles. The number of aliphatic hydroxyl groups is 1. The molecule has 92 valence electrons. The third kappa shape index (κ3) is 3.27. The van der Waals surface area contributed by atoms with Crippen molar-refractivity contribution in [1.82, 2.24) is 4.31 Å². The molecule has 0 aliphatic carbocycles. The molecule has 4 nitrogen and oxygen atoms in total. The van der Waals surface area contributed by atoms with Crippen LogP contribution in [0.4, 0.5) is 0 Å². The van der Waals surface area contributed by atoms with Gasteiger partial charge in [-0.25, -0.2) is 12.7 Å². The Kier molecular flexibility index (Phi) is 4.93. The van der Waals surface area contributed by atoms with Crippen molar-refractivity contribution in [1.29, 1.82) is 0 Å². The molecule has 0 saturated carbocycles. The van der Waals surface area contributed by atoms with Crippen molar-refractivity contribution in [3.8, 4) is 0 Å². The van der Waals surface area contributed by atoms with E-state index in [-0.39, 0.29) is 0 Å². The Morgan fingerprint density at radius 1 is 1.62 bits per heavy atom. The molecular formula is C9H14BrNO3S2. The lowest BCUT2D eigenvalue weighted by Gasteiger charge is -2.17. The summed E-state index contributed by atoms with van der Waals surface area (Å²) in [5.41, 5.74) is 0. The second kappa shape index (κ2) is 5.59. The first-order valence-electron chi connectivity index (χ1n) is 4.73. The van der Waals surface area contributed by atoms with Crippen LogP contribution in [0.1, 0.15) is 13.3 Å². The van der Waals surface area contributed by atoms with Gasteiger partial charge >= 0.3 is 0 Å². The molecule has 1 aromatic rings. The molecular weight excluding hydrogens is 314 g/mol. The van der Waals surface area contributed by atoms with Gasteiger partial charge in [0.25, 0.3) is 10.0 Å². The Hall–Kier alpha value is 0.0500. The number of halogens is 1. The van der Waals surface area contributed by atoms with Gasteiger partial charge < -0.3 is 5.11 Å². The molecule has 0 aliphatic heterocycles. The van der Waals surface area contributed by atoms with Gasteiger partial charge in [-0.3, -0.25) is 0 Å². The predicted molar refractivity (Wildman–Crippen MR) is 68.1 cm³/mol. The van der Waals surface area contributed by atoms with Crippen LogP contribution in [-0.4, -0.2) is 37.5 Å². The summed E-state index contributed by atoms with van der Waals surface area (Å²) in [5, 5.41) is 10.8. The first-order chi connectivity index (χ1) is 7.35. The summed E-state index contributed by atoms with van der Waals surface area (Å²) in [6, 6.07) is 1.71. The Morgan fingerprint density at radius 3 is 2.69 bits per heavy atom. The Bertz CT molecular complexity index is 441. The second-order valence-electron chi connectivity index (χ2n) is 3.52. The van der Waals surface area contributed by atoms with Gasteiger partial charge in [0.1, 0.15) is 4.21 Å². The number of sulfonamides is 1. The molecule has 1 heterocycles. The quantitative estimate of drug-likeness (QED) is 0.898. The van der Waals surface area contributed by atoms with Crippen LogP contribution in [-0.2, 0) is 10.0 Å². The van der Waals surface area contributed by atoms with E-state index < -0.39 is 16.1 Å². The molecule has 0 saturated heterocycles. The van der Waals surface area contributed by atoms with Crippen LogP contribution in [0.3, 0.4) is 0 Å². The smallest absolute Gasteiger partial charge is 0.253 e. The fourth-order valence-electron chi connectivity index (χ4n) is 1.09. The SMILES string of the molecule is CC(O)CCN(C)S(=O)(=O)c1sccc1Br. The average molecular weight is 328 g/mol. The van der Waals surface area contributed by atoms with Crippen LogP contribution in [0, 0.1) is 0 Å². The summed E-state index contributed by atoms with van der Waals surface area (Å²) < 4.78 is 26.3. The summed E-state index contributed by atoms with van der Waals surface area (Å²) in [4.78, 5) is 0. The Labute approximate surface area is 108 Å². The minimum Gasteiger partial charge on any atom is -0.393 e. The second-order valence-corrected chi connectivity index (χ2v) is 7.53. The number of nitrogens with zero attached hydrogens (tertiary/aromatic N) is 1. The Balaban J connectivity index is 2.83. The van der Waals surface area contributed by atoms with Crippen LogP contribution < -0.4 is 0 Å². The summed E-state index contributed by atoms with van der Waals surface area (Å²) >= 11 is 4.39. The number of hydrogen-bond acceptors (Lipinski definition) is 4. The van der Waals surface area contributed by atoms with E-state index in [1.165, 1.54) is 22.7 Å². The summed E-state index contributed by atoms with van der Waals surface area (Å²) in [5.74, 6) is 0. The van der Waals surface area contributed by atoms with Gasteiger partial charge in [-0.1, -0.05) is 0 Å². The van der Waals surface area contributed by atoms with Crippen LogP contribution in [0.2, 0.25) is 0 Å². The zero-order valence-corrected chi connectivity index (χ0v) is 12.3. The van der Waals surface area contributed by atoms with E-state index in [9.17, 15) is 8.42 Å². The van der Waals surface area contributed by atoms with Crippen LogP contribution in [0.15, 0.2) is 20.1 Å². The van der Waals surface area contributed by atoms with Crippen molar-refractivity contribution >= 4 is 37.3 Å². The number of aliphatic hydroxyl groups excluding tert-OH is 1. The van der Waals surface area contributed by atoms with Gasteiger partial charge in [0, 0.05) is 18.1 Å². The lowest BCUT2D eigenvalue weighted by molar-refractivity contribution is 0.177. The molecule has 0 bridgehead atoms. The van der Waals surface area contributed by atoms with E-state index in [1.807, 2.05) is 0 Å².